The molecule has 0 aliphatic heterocycles. The molecular formula is C14H9FN4O4S. The van der Waals surface area contributed by atoms with Gasteiger partial charge >= 0.3 is 0 Å². The molecule has 8 nitrogen and oxygen atoms in total. The quantitative estimate of drug-likeness (QED) is 0.537. The number of carbonyl (C=O) groups excluding carboxylic acids is 1. The summed E-state index contributed by atoms with van der Waals surface area (Å²) in [4.78, 5) is 23.7. The number of rotatable bonds is 5. The molecule has 24 heavy (non-hydrogen) atoms. The normalized spacial score (nSPS) is 10.7. The Morgan fingerprint density at radius 1 is 1.29 bits per heavy atom. The monoisotopic (exact) mass is 348 g/mol. The van der Waals surface area contributed by atoms with Crippen LogP contribution in [0.5, 0.6) is 5.75 Å². The smallest absolute Gasteiger partial charge is 0.296 e. The minimum Gasteiger partial charge on any atom is -0.508 e. The number of aromatic hydroxyl groups is 1. The molecule has 0 fully saturated rings. The number of nitrogens with one attached hydrogen (secondary N) is 1. The van der Waals surface area contributed by atoms with Crippen LogP contribution in [0.25, 0.3) is 22.9 Å². The SMILES string of the molecule is O=NC(=O)CSc1nnc(-c2ccc(-c3cc(O)cc(F)c3)o2)[nH]1. The van der Waals surface area contributed by atoms with Gasteiger partial charge in [0.1, 0.15) is 17.3 Å². The molecule has 0 atom stereocenters. The van der Waals surface area contributed by atoms with Crippen LogP contribution in [0.1, 0.15) is 0 Å². The van der Waals surface area contributed by atoms with Gasteiger partial charge in [-0.1, -0.05) is 11.8 Å². The zero-order valence-corrected chi connectivity index (χ0v) is 12.7. The Hall–Kier alpha value is -3.01. The fourth-order valence-electron chi connectivity index (χ4n) is 1.92. The largest absolute Gasteiger partial charge is 0.508 e. The fourth-order valence-corrected chi connectivity index (χ4v) is 2.50. The summed E-state index contributed by atoms with van der Waals surface area (Å²) in [7, 11) is 0. The van der Waals surface area contributed by atoms with Gasteiger partial charge in [-0.15, -0.1) is 15.1 Å². The van der Waals surface area contributed by atoms with Gasteiger partial charge < -0.3 is 14.5 Å². The Morgan fingerprint density at radius 2 is 2.08 bits per heavy atom. The maximum absolute atomic E-state index is 13.3. The van der Waals surface area contributed by atoms with Gasteiger partial charge in [-0.05, 0) is 24.3 Å². The first-order valence-electron chi connectivity index (χ1n) is 6.57. The third-order valence-electron chi connectivity index (χ3n) is 2.91. The van der Waals surface area contributed by atoms with Crippen LogP contribution in [0.15, 0.2) is 45.1 Å². The molecule has 0 bridgehead atoms. The second-order valence-electron chi connectivity index (χ2n) is 4.61. The Morgan fingerprint density at radius 3 is 2.83 bits per heavy atom. The number of H-pyrrole nitrogens is 1. The number of halogens is 1. The Bertz CT molecular complexity index is 888. The van der Waals surface area contributed by atoms with Crippen LogP contribution in [0.3, 0.4) is 0 Å². The van der Waals surface area contributed by atoms with Gasteiger partial charge in [0, 0.05) is 16.8 Å². The van der Waals surface area contributed by atoms with E-state index in [1.54, 1.807) is 12.1 Å². The van der Waals surface area contributed by atoms with E-state index in [-0.39, 0.29) is 11.5 Å². The summed E-state index contributed by atoms with van der Waals surface area (Å²) in [5.74, 6) is -0.771. The lowest BCUT2D eigenvalue weighted by atomic mass is 10.1. The zero-order valence-electron chi connectivity index (χ0n) is 11.9. The molecule has 0 aliphatic carbocycles. The van der Waals surface area contributed by atoms with E-state index in [0.717, 1.165) is 17.8 Å². The van der Waals surface area contributed by atoms with Crippen LogP contribution in [-0.2, 0) is 4.79 Å². The predicted molar refractivity (Wildman–Crippen MR) is 82.7 cm³/mol. The summed E-state index contributed by atoms with van der Waals surface area (Å²) < 4.78 is 18.9. The van der Waals surface area contributed by atoms with Gasteiger partial charge in [-0.2, -0.15) is 0 Å². The minimum atomic E-state index is -0.802. The molecule has 2 aromatic heterocycles. The summed E-state index contributed by atoms with van der Waals surface area (Å²) in [6.07, 6.45) is 0. The van der Waals surface area contributed by atoms with Crippen LogP contribution in [-0.4, -0.2) is 31.9 Å². The minimum absolute atomic E-state index is 0.149. The van der Waals surface area contributed by atoms with E-state index >= 15 is 0 Å². The number of nitroso groups, excluding NO2 is 1. The van der Waals surface area contributed by atoms with Crippen molar-refractivity contribution in [2.24, 2.45) is 5.18 Å². The number of amides is 1. The van der Waals surface area contributed by atoms with Crippen LogP contribution in [0, 0.1) is 10.7 Å². The van der Waals surface area contributed by atoms with E-state index in [0.29, 0.717) is 28.1 Å². The third-order valence-corrected chi connectivity index (χ3v) is 3.76. The Balaban J connectivity index is 1.79. The number of phenols is 1. The average molecular weight is 348 g/mol. The average Bonchev–Trinajstić information content (AvgIpc) is 3.20. The van der Waals surface area contributed by atoms with Gasteiger partial charge in [-0.3, -0.25) is 4.79 Å². The van der Waals surface area contributed by atoms with Crippen molar-refractivity contribution in [2.75, 3.05) is 5.75 Å². The topological polar surface area (TPSA) is 121 Å². The van der Waals surface area contributed by atoms with Crippen LogP contribution < -0.4 is 0 Å². The molecular weight excluding hydrogens is 339 g/mol. The lowest BCUT2D eigenvalue weighted by molar-refractivity contribution is -0.115. The van der Waals surface area contributed by atoms with Crippen molar-refractivity contribution in [2.45, 2.75) is 5.16 Å². The molecule has 3 rings (SSSR count). The first-order chi connectivity index (χ1) is 11.5. The summed E-state index contributed by atoms with van der Waals surface area (Å²) in [6, 6.07) is 6.78. The summed E-state index contributed by atoms with van der Waals surface area (Å²) in [5.41, 5.74) is 0.371. The Labute approximate surface area is 138 Å². The number of hydrogen-bond acceptors (Lipinski definition) is 7. The number of furan rings is 1. The molecule has 122 valence electrons. The number of phenolic OH excluding ortho intramolecular Hbond substituents is 1. The number of hydrogen-bond donors (Lipinski definition) is 2. The van der Waals surface area contributed by atoms with Crippen molar-refractivity contribution in [1.82, 2.24) is 15.2 Å². The first-order valence-corrected chi connectivity index (χ1v) is 7.55. The molecule has 0 saturated heterocycles. The van der Waals surface area contributed by atoms with Crippen molar-refractivity contribution < 1.29 is 18.7 Å². The summed E-state index contributed by atoms with van der Waals surface area (Å²) in [5, 5.41) is 19.7. The van der Waals surface area contributed by atoms with E-state index < -0.39 is 11.7 Å². The molecule has 3 aromatic rings. The number of nitrogens with zero attached hydrogens (tertiary/aromatic N) is 3. The Kier molecular flexibility index (Phi) is 4.38. The molecule has 0 radical (unpaired) electrons. The van der Waals surface area contributed by atoms with Crippen molar-refractivity contribution in [1.29, 1.82) is 0 Å². The highest BCUT2D eigenvalue weighted by atomic mass is 32.2. The molecule has 2 heterocycles. The zero-order chi connectivity index (χ0) is 17.1. The number of thioether (sulfide) groups is 1. The van der Waals surface area contributed by atoms with Gasteiger partial charge in [0.2, 0.25) is 0 Å². The third kappa shape index (κ3) is 3.49. The van der Waals surface area contributed by atoms with E-state index in [1.165, 1.54) is 12.1 Å². The first kappa shape index (κ1) is 15.9. The van der Waals surface area contributed by atoms with Gasteiger partial charge in [0.15, 0.2) is 16.7 Å². The second-order valence-corrected chi connectivity index (χ2v) is 5.58. The standard InChI is InChI=1S/C14H9FN4O4S/c15-8-3-7(4-9(20)5-8)10-1-2-11(23-10)13-16-14(18-17-13)24-6-12(21)19-22/h1-5,20H,6H2,(H,16,17,18). The number of aromatic amines is 1. The highest BCUT2D eigenvalue weighted by Gasteiger charge is 2.13. The molecule has 0 saturated carbocycles. The molecule has 0 aliphatic rings. The lowest BCUT2D eigenvalue weighted by Crippen LogP contribution is -1.95. The summed E-state index contributed by atoms with van der Waals surface area (Å²) in [6.45, 7) is 0. The van der Waals surface area contributed by atoms with E-state index in [2.05, 4.69) is 20.4 Å². The van der Waals surface area contributed by atoms with Crippen LogP contribution >= 0.6 is 11.8 Å². The maximum atomic E-state index is 13.3. The van der Waals surface area contributed by atoms with Crippen LogP contribution in [0.4, 0.5) is 4.39 Å². The fraction of sp³-hybridized carbons (Fsp3) is 0.0714. The number of aromatic nitrogens is 3. The molecule has 1 amide bonds. The van der Waals surface area contributed by atoms with Crippen molar-refractivity contribution in [3.63, 3.8) is 0 Å². The maximum Gasteiger partial charge on any atom is 0.296 e. The molecule has 2 N–H and O–H groups in total. The molecule has 10 heteroatoms. The lowest BCUT2D eigenvalue weighted by Gasteiger charge is -1.99. The predicted octanol–water partition coefficient (Wildman–Crippen LogP) is 2.96. The highest BCUT2D eigenvalue weighted by Crippen LogP contribution is 2.30. The van der Waals surface area contributed by atoms with Crippen molar-refractivity contribution >= 4 is 17.7 Å². The van der Waals surface area contributed by atoms with Gasteiger partial charge in [0.25, 0.3) is 5.91 Å². The van der Waals surface area contributed by atoms with Crippen LogP contribution in [0.2, 0.25) is 0 Å². The van der Waals surface area contributed by atoms with Gasteiger partial charge in [-0.25, -0.2) is 4.39 Å². The van der Waals surface area contributed by atoms with Gasteiger partial charge in [0.05, 0.1) is 5.75 Å². The van der Waals surface area contributed by atoms with E-state index in [4.69, 9.17) is 4.42 Å². The number of carbonyl (C=O) groups is 1. The second kappa shape index (κ2) is 6.62. The van der Waals surface area contributed by atoms with Crippen molar-refractivity contribution in [3.05, 3.63) is 41.1 Å². The van der Waals surface area contributed by atoms with E-state index in [1.807, 2.05) is 0 Å². The highest BCUT2D eigenvalue weighted by molar-refractivity contribution is 7.99. The molecule has 1 aromatic carbocycles. The number of benzene rings is 1. The van der Waals surface area contributed by atoms with Crippen molar-refractivity contribution in [3.8, 4) is 28.7 Å². The summed E-state index contributed by atoms with van der Waals surface area (Å²) >= 11 is 0.979. The molecule has 0 unspecified atom stereocenters. The molecule has 0 spiro atoms. The van der Waals surface area contributed by atoms with E-state index in [9.17, 15) is 19.2 Å².